The van der Waals surface area contributed by atoms with Gasteiger partial charge in [-0.2, -0.15) is 5.26 Å². The number of aromatic nitrogens is 2. The van der Waals surface area contributed by atoms with E-state index in [9.17, 15) is 9.90 Å². The van der Waals surface area contributed by atoms with Crippen molar-refractivity contribution in [2.75, 3.05) is 7.05 Å². The monoisotopic (exact) mass is 474 g/mol. The Morgan fingerprint density at radius 1 is 1.18 bits per heavy atom. The molecule has 2 heterocycles. The predicted octanol–water partition coefficient (Wildman–Crippen LogP) is 4.97. The number of aliphatic hydroxyl groups excluding tert-OH is 1. The SMILES string of the molecule is CN(Cc1cncc(C#N)c1)C(=O)c1ccc(C[C@@H]2CC[C@H]([C@H](O)c3ccc(Cl)nc3)C2)cc1. The first-order chi connectivity index (χ1) is 16.4. The molecule has 0 spiro atoms. The molecule has 1 N–H and O–H groups in total. The fraction of sp³-hybridized carbons (Fsp3) is 0.333. The quantitative estimate of drug-likeness (QED) is 0.488. The Hall–Kier alpha value is -3.27. The molecule has 2 aromatic heterocycles. The number of hydrogen-bond donors (Lipinski definition) is 1. The summed E-state index contributed by atoms with van der Waals surface area (Å²) in [6, 6.07) is 15.2. The maximum absolute atomic E-state index is 12.8. The molecule has 0 aliphatic heterocycles. The molecule has 1 amide bonds. The molecule has 0 unspecified atom stereocenters. The average Bonchev–Trinajstić information content (AvgIpc) is 3.32. The van der Waals surface area contributed by atoms with Gasteiger partial charge in [-0.1, -0.05) is 29.8 Å². The minimum atomic E-state index is -0.519. The lowest BCUT2D eigenvalue weighted by Gasteiger charge is -2.19. The van der Waals surface area contributed by atoms with Gasteiger partial charge in [0.25, 0.3) is 5.91 Å². The lowest BCUT2D eigenvalue weighted by molar-refractivity contribution is 0.0785. The van der Waals surface area contributed by atoms with Gasteiger partial charge in [0.05, 0.1) is 11.7 Å². The highest BCUT2D eigenvalue weighted by atomic mass is 35.5. The van der Waals surface area contributed by atoms with Crippen molar-refractivity contribution in [3.8, 4) is 6.07 Å². The third-order valence-corrected chi connectivity index (χ3v) is 6.76. The summed E-state index contributed by atoms with van der Waals surface area (Å²) < 4.78 is 0. The number of pyridine rings is 2. The summed E-state index contributed by atoms with van der Waals surface area (Å²) in [5.41, 5.74) is 3.94. The van der Waals surface area contributed by atoms with Crippen LogP contribution in [0, 0.1) is 23.2 Å². The second-order valence-corrected chi connectivity index (χ2v) is 9.44. The summed E-state index contributed by atoms with van der Waals surface area (Å²) in [5.74, 6) is 0.648. The zero-order valence-corrected chi connectivity index (χ0v) is 19.8. The van der Waals surface area contributed by atoms with E-state index >= 15 is 0 Å². The number of amides is 1. The number of rotatable bonds is 7. The van der Waals surface area contributed by atoms with Crippen LogP contribution in [0.25, 0.3) is 0 Å². The summed E-state index contributed by atoms with van der Waals surface area (Å²) in [5, 5.41) is 20.2. The summed E-state index contributed by atoms with van der Waals surface area (Å²) in [7, 11) is 1.75. The van der Waals surface area contributed by atoms with Crippen LogP contribution in [0.1, 0.15) is 58.0 Å². The van der Waals surface area contributed by atoms with E-state index in [4.69, 9.17) is 16.9 Å². The van der Waals surface area contributed by atoms with Gasteiger partial charge in [-0.3, -0.25) is 9.78 Å². The van der Waals surface area contributed by atoms with Crippen LogP contribution >= 0.6 is 11.6 Å². The van der Waals surface area contributed by atoms with Crippen molar-refractivity contribution in [2.45, 2.75) is 38.3 Å². The van der Waals surface area contributed by atoms with Gasteiger partial charge in [0.15, 0.2) is 0 Å². The molecule has 34 heavy (non-hydrogen) atoms. The molecule has 1 aliphatic carbocycles. The number of halogens is 1. The number of benzene rings is 1. The lowest BCUT2D eigenvalue weighted by atomic mass is 9.92. The van der Waals surface area contributed by atoms with Crippen molar-refractivity contribution in [3.63, 3.8) is 0 Å². The number of hydrogen-bond acceptors (Lipinski definition) is 5. The first kappa shape index (κ1) is 23.9. The molecule has 4 rings (SSSR count). The van der Waals surface area contributed by atoms with E-state index in [2.05, 4.69) is 16.0 Å². The minimum Gasteiger partial charge on any atom is -0.388 e. The van der Waals surface area contributed by atoms with E-state index in [0.717, 1.165) is 36.8 Å². The zero-order valence-electron chi connectivity index (χ0n) is 19.1. The molecule has 1 saturated carbocycles. The van der Waals surface area contributed by atoms with Gasteiger partial charge in [-0.05, 0) is 78.5 Å². The Morgan fingerprint density at radius 3 is 2.68 bits per heavy atom. The van der Waals surface area contributed by atoms with E-state index < -0.39 is 6.10 Å². The highest BCUT2D eigenvalue weighted by Crippen LogP contribution is 2.40. The predicted molar refractivity (Wildman–Crippen MR) is 130 cm³/mol. The molecule has 0 bridgehead atoms. The van der Waals surface area contributed by atoms with E-state index in [-0.39, 0.29) is 11.8 Å². The molecule has 0 radical (unpaired) electrons. The van der Waals surface area contributed by atoms with Crippen molar-refractivity contribution < 1.29 is 9.90 Å². The minimum absolute atomic E-state index is 0.0745. The summed E-state index contributed by atoms with van der Waals surface area (Å²) >= 11 is 5.86. The molecule has 6 nitrogen and oxygen atoms in total. The Morgan fingerprint density at radius 2 is 1.97 bits per heavy atom. The van der Waals surface area contributed by atoms with Crippen LogP contribution in [0.5, 0.6) is 0 Å². The van der Waals surface area contributed by atoms with Crippen LogP contribution in [0.2, 0.25) is 5.15 Å². The first-order valence-electron chi connectivity index (χ1n) is 11.4. The fourth-order valence-corrected chi connectivity index (χ4v) is 4.85. The van der Waals surface area contributed by atoms with E-state index in [0.29, 0.717) is 28.7 Å². The van der Waals surface area contributed by atoms with Crippen molar-refractivity contribution in [2.24, 2.45) is 11.8 Å². The van der Waals surface area contributed by atoms with Crippen molar-refractivity contribution >= 4 is 17.5 Å². The zero-order chi connectivity index (χ0) is 24.1. The molecule has 3 aromatic rings. The highest BCUT2D eigenvalue weighted by molar-refractivity contribution is 6.29. The second kappa shape index (κ2) is 10.8. The molecular formula is C27H27ClN4O2. The fourth-order valence-electron chi connectivity index (χ4n) is 4.74. The normalized spacial score (nSPS) is 18.3. The second-order valence-electron chi connectivity index (χ2n) is 9.05. The van der Waals surface area contributed by atoms with Crippen LogP contribution < -0.4 is 0 Å². The first-order valence-corrected chi connectivity index (χ1v) is 11.8. The van der Waals surface area contributed by atoms with Gasteiger partial charge >= 0.3 is 0 Å². The van der Waals surface area contributed by atoms with Gasteiger partial charge in [-0.25, -0.2) is 4.98 Å². The Bertz CT molecular complexity index is 1170. The summed E-state index contributed by atoms with van der Waals surface area (Å²) in [6.45, 7) is 0.387. The third-order valence-electron chi connectivity index (χ3n) is 6.54. The van der Waals surface area contributed by atoms with Crippen LogP contribution in [0.4, 0.5) is 0 Å². The summed E-state index contributed by atoms with van der Waals surface area (Å²) in [4.78, 5) is 22.6. The Balaban J connectivity index is 1.31. The van der Waals surface area contributed by atoms with Gasteiger partial charge in [0, 0.05) is 37.7 Å². The lowest BCUT2D eigenvalue weighted by Crippen LogP contribution is -2.26. The van der Waals surface area contributed by atoms with Gasteiger partial charge in [-0.15, -0.1) is 0 Å². The van der Waals surface area contributed by atoms with E-state index in [1.165, 1.54) is 11.8 Å². The molecule has 1 aliphatic rings. The molecule has 1 fully saturated rings. The van der Waals surface area contributed by atoms with Crippen LogP contribution in [0.3, 0.4) is 0 Å². The number of carbonyl (C=O) groups is 1. The molecular weight excluding hydrogens is 448 g/mol. The topological polar surface area (TPSA) is 90.1 Å². The van der Waals surface area contributed by atoms with Crippen LogP contribution in [-0.4, -0.2) is 32.9 Å². The maximum atomic E-state index is 12.8. The molecule has 0 saturated heterocycles. The molecule has 1 aromatic carbocycles. The smallest absolute Gasteiger partial charge is 0.253 e. The molecule has 3 atom stereocenters. The summed E-state index contributed by atoms with van der Waals surface area (Å²) in [6.07, 6.45) is 8.26. The van der Waals surface area contributed by atoms with Gasteiger partial charge in [0.2, 0.25) is 0 Å². The number of aliphatic hydroxyl groups is 1. The molecule has 7 heteroatoms. The average molecular weight is 475 g/mol. The van der Waals surface area contributed by atoms with Crippen LogP contribution in [-0.2, 0) is 13.0 Å². The number of nitrogens with zero attached hydrogens (tertiary/aromatic N) is 4. The third kappa shape index (κ3) is 5.80. The number of nitriles is 1. The van der Waals surface area contributed by atoms with Crippen molar-refractivity contribution in [3.05, 3.63) is 94.0 Å². The van der Waals surface area contributed by atoms with Gasteiger partial charge in [0.1, 0.15) is 11.2 Å². The van der Waals surface area contributed by atoms with Crippen molar-refractivity contribution in [1.29, 1.82) is 5.26 Å². The number of carbonyl (C=O) groups excluding carboxylic acids is 1. The molecule has 174 valence electrons. The standard InChI is InChI=1S/C27H27ClN4O2/c1-32(17-21-11-20(13-29)14-30-15-21)27(34)22-5-2-18(3-6-22)10-19-4-7-23(12-19)26(33)24-8-9-25(28)31-16-24/h2-3,5-6,8-9,11,14-16,19,23,26,33H,4,7,10,12,17H2,1H3/t19-,23-,26-/m0/s1. The van der Waals surface area contributed by atoms with E-state index in [1.807, 2.05) is 30.3 Å². The van der Waals surface area contributed by atoms with E-state index in [1.54, 1.807) is 36.5 Å². The maximum Gasteiger partial charge on any atom is 0.253 e. The van der Waals surface area contributed by atoms with Gasteiger partial charge < -0.3 is 10.0 Å². The van der Waals surface area contributed by atoms with Crippen molar-refractivity contribution in [1.82, 2.24) is 14.9 Å². The largest absolute Gasteiger partial charge is 0.388 e. The Kier molecular flexibility index (Phi) is 7.56. The van der Waals surface area contributed by atoms with Crippen LogP contribution in [0.15, 0.2) is 61.1 Å². The Labute approximate surface area is 204 Å². The highest BCUT2D eigenvalue weighted by Gasteiger charge is 2.31.